The van der Waals surface area contributed by atoms with Crippen LogP contribution in [0.15, 0.2) is 35.7 Å². The van der Waals surface area contributed by atoms with E-state index in [9.17, 15) is 14.4 Å². The quantitative estimate of drug-likeness (QED) is 0.792. The Labute approximate surface area is 165 Å². The average molecular weight is 407 g/mol. The number of nitrogens with zero attached hydrogens (tertiary/aromatic N) is 2. The molecule has 1 aliphatic heterocycles. The van der Waals surface area contributed by atoms with Gasteiger partial charge in [0.15, 0.2) is 0 Å². The summed E-state index contributed by atoms with van der Waals surface area (Å²) in [5.74, 6) is -0.890. The van der Waals surface area contributed by atoms with E-state index in [1.54, 1.807) is 40.6 Å². The van der Waals surface area contributed by atoms with Gasteiger partial charge in [0.2, 0.25) is 5.91 Å². The second kappa shape index (κ2) is 8.51. The summed E-state index contributed by atoms with van der Waals surface area (Å²) in [6.07, 6.45) is 0. The number of carbonyl (C=O) groups is 3. The monoisotopic (exact) mass is 406 g/mol. The van der Waals surface area contributed by atoms with E-state index in [-0.39, 0.29) is 18.4 Å². The summed E-state index contributed by atoms with van der Waals surface area (Å²) in [5, 5.41) is 5.32. The van der Waals surface area contributed by atoms with Gasteiger partial charge in [0.1, 0.15) is 5.00 Å². The molecule has 0 aliphatic carbocycles. The SMILES string of the molecule is NC(=O)c1ccsc1NC(=O)CN1CCN(C(=O)c2ccccc2Cl)CC1. The van der Waals surface area contributed by atoms with Gasteiger partial charge >= 0.3 is 0 Å². The van der Waals surface area contributed by atoms with Crippen molar-refractivity contribution in [2.24, 2.45) is 5.73 Å². The third-order valence-corrected chi connectivity index (χ3v) is 5.47. The van der Waals surface area contributed by atoms with Crippen LogP contribution in [-0.2, 0) is 4.79 Å². The van der Waals surface area contributed by atoms with E-state index in [1.165, 1.54) is 11.3 Å². The molecule has 0 spiro atoms. The van der Waals surface area contributed by atoms with Crippen LogP contribution in [0.4, 0.5) is 5.00 Å². The zero-order valence-electron chi connectivity index (χ0n) is 14.5. The molecule has 3 N–H and O–H groups in total. The van der Waals surface area contributed by atoms with Crippen molar-refractivity contribution < 1.29 is 14.4 Å². The molecule has 1 aliphatic rings. The molecule has 0 unspecified atom stereocenters. The van der Waals surface area contributed by atoms with Gasteiger partial charge in [-0.25, -0.2) is 0 Å². The molecule has 1 aromatic heterocycles. The first kappa shape index (κ1) is 19.3. The first-order chi connectivity index (χ1) is 13.0. The zero-order valence-corrected chi connectivity index (χ0v) is 16.1. The van der Waals surface area contributed by atoms with Crippen LogP contribution in [0.3, 0.4) is 0 Å². The zero-order chi connectivity index (χ0) is 19.4. The number of rotatable bonds is 5. The number of hydrogen-bond donors (Lipinski definition) is 2. The minimum atomic E-state index is -0.571. The fourth-order valence-electron chi connectivity index (χ4n) is 2.88. The normalized spacial score (nSPS) is 14.8. The number of primary amides is 1. The van der Waals surface area contributed by atoms with Gasteiger partial charge in [-0.05, 0) is 23.6 Å². The molecule has 9 heteroatoms. The Balaban J connectivity index is 1.51. The molecule has 3 rings (SSSR count). The molecular weight excluding hydrogens is 388 g/mol. The van der Waals surface area contributed by atoms with Crippen molar-refractivity contribution in [1.29, 1.82) is 0 Å². The minimum Gasteiger partial charge on any atom is -0.366 e. The van der Waals surface area contributed by atoms with Crippen LogP contribution in [0.5, 0.6) is 0 Å². The molecule has 0 saturated carbocycles. The maximum atomic E-state index is 12.6. The maximum absolute atomic E-state index is 12.6. The third kappa shape index (κ3) is 4.65. The predicted molar refractivity (Wildman–Crippen MR) is 105 cm³/mol. The van der Waals surface area contributed by atoms with Gasteiger partial charge in [0.25, 0.3) is 11.8 Å². The lowest BCUT2D eigenvalue weighted by molar-refractivity contribution is -0.117. The largest absolute Gasteiger partial charge is 0.366 e. The molecule has 142 valence electrons. The molecular formula is C18H19ClN4O3S. The second-order valence-electron chi connectivity index (χ2n) is 6.12. The van der Waals surface area contributed by atoms with Crippen LogP contribution in [-0.4, -0.2) is 60.2 Å². The Kier molecular flexibility index (Phi) is 6.10. The van der Waals surface area contributed by atoms with E-state index in [1.807, 2.05) is 4.90 Å². The summed E-state index contributed by atoms with van der Waals surface area (Å²) in [6.45, 7) is 2.38. The number of nitrogens with one attached hydrogen (secondary N) is 1. The van der Waals surface area contributed by atoms with Gasteiger partial charge in [-0.2, -0.15) is 0 Å². The third-order valence-electron chi connectivity index (χ3n) is 4.31. The second-order valence-corrected chi connectivity index (χ2v) is 7.45. The van der Waals surface area contributed by atoms with Crippen LogP contribution in [0, 0.1) is 0 Å². The number of amides is 3. The van der Waals surface area contributed by atoms with E-state index < -0.39 is 5.91 Å². The summed E-state index contributed by atoms with van der Waals surface area (Å²) in [6, 6.07) is 8.56. The number of piperazine rings is 1. The Hall–Kier alpha value is -2.42. The smallest absolute Gasteiger partial charge is 0.255 e. The highest BCUT2D eigenvalue weighted by atomic mass is 35.5. The summed E-state index contributed by atoms with van der Waals surface area (Å²) in [5.41, 5.74) is 6.08. The first-order valence-electron chi connectivity index (χ1n) is 8.39. The van der Waals surface area contributed by atoms with Crippen LogP contribution < -0.4 is 11.1 Å². The fraction of sp³-hybridized carbons (Fsp3) is 0.278. The van der Waals surface area contributed by atoms with Crippen LogP contribution in [0.2, 0.25) is 5.02 Å². The average Bonchev–Trinajstić information content (AvgIpc) is 3.10. The number of anilines is 1. The van der Waals surface area contributed by atoms with Crippen molar-refractivity contribution >= 4 is 45.7 Å². The maximum Gasteiger partial charge on any atom is 0.255 e. The summed E-state index contributed by atoms with van der Waals surface area (Å²) >= 11 is 7.35. The minimum absolute atomic E-state index is 0.102. The highest BCUT2D eigenvalue weighted by Crippen LogP contribution is 2.22. The fourth-order valence-corrected chi connectivity index (χ4v) is 3.91. The lowest BCUT2D eigenvalue weighted by Crippen LogP contribution is -2.50. The van der Waals surface area contributed by atoms with Gasteiger partial charge in [0.05, 0.1) is 22.7 Å². The Morgan fingerprint density at radius 2 is 1.78 bits per heavy atom. The predicted octanol–water partition coefficient (Wildman–Crippen LogP) is 1.90. The highest BCUT2D eigenvalue weighted by molar-refractivity contribution is 7.14. The standard InChI is InChI=1S/C18H19ClN4O3S/c19-14-4-2-1-3-12(14)18(26)23-8-6-22(7-9-23)11-15(24)21-17-13(16(20)25)5-10-27-17/h1-5,10H,6-9,11H2,(H2,20,25)(H,21,24). The number of benzene rings is 1. The molecule has 3 amide bonds. The molecule has 1 aromatic carbocycles. The van der Waals surface area contributed by atoms with Gasteiger partial charge in [-0.3, -0.25) is 19.3 Å². The Bertz CT molecular complexity index is 862. The van der Waals surface area contributed by atoms with Gasteiger partial charge in [0, 0.05) is 26.2 Å². The van der Waals surface area contributed by atoms with E-state index in [0.29, 0.717) is 47.3 Å². The molecule has 0 radical (unpaired) electrons. The summed E-state index contributed by atoms with van der Waals surface area (Å²) < 4.78 is 0. The van der Waals surface area contributed by atoms with Gasteiger partial charge in [-0.15, -0.1) is 11.3 Å². The number of nitrogens with two attached hydrogens (primary N) is 1. The van der Waals surface area contributed by atoms with Crippen LogP contribution in [0.25, 0.3) is 0 Å². The molecule has 27 heavy (non-hydrogen) atoms. The topological polar surface area (TPSA) is 95.7 Å². The molecule has 1 fully saturated rings. The van der Waals surface area contributed by atoms with Gasteiger partial charge < -0.3 is 16.0 Å². The van der Waals surface area contributed by atoms with Crippen LogP contribution >= 0.6 is 22.9 Å². The Morgan fingerprint density at radius 3 is 2.44 bits per heavy atom. The highest BCUT2D eigenvalue weighted by Gasteiger charge is 2.24. The van der Waals surface area contributed by atoms with E-state index in [0.717, 1.165) is 0 Å². The van der Waals surface area contributed by atoms with Crippen molar-refractivity contribution in [3.63, 3.8) is 0 Å². The molecule has 0 atom stereocenters. The van der Waals surface area contributed by atoms with E-state index >= 15 is 0 Å². The van der Waals surface area contributed by atoms with Crippen LogP contribution in [0.1, 0.15) is 20.7 Å². The van der Waals surface area contributed by atoms with Crippen molar-refractivity contribution in [3.8, 4) is 0 Å². The number of hydrogen-bond acceptors (Lipinski definition) is 5. The van der Waals surface area contributed by atoms with Crippen molar-refractivity contribution in [3.05, 3.63) is 51.9 Å². The van der Waals surface area contributed by atoms with Crippen molar-refractivity contribution in [1.82, 2.24) is 9.80 Å². The molecule has 7 nitrogen and oxygen atoms in total. The van der Waals surface area contributed by atoms with Crippen molar-refractivity contribution in [2.45, 2.75) is 0 Å². The number of halogens is 1. The van der Waals surface area contributed by atoms with Crippen molar-refractivity contribution in [2.75, 3.05) is 38.0 Å². The first-order valence-corrected chi connectivity index (χ1v) is 9.65. The molecule has 2 heterocycles. The molecule has 1 saturated heterocycles. The lowest BCUT2D eigenvalue weighted by atomic mass is 10.2. The summed E-state index contributed by atoms with van der Waals surface area (Å²) in [7, 11) is 0. The van der Waals surface area contributed by atoms with Gasteiger partial charge in [-0.1, -0.05) is 23.7 Å². The molecule has 2 aromatic rings. The number of thiophene rings is 1. The molecule has 0 bridgehead atoms. The number of carbonyl (C=O) groups excluding carboxylic acids is 3. The van der Waals surface area contributed by atoms with E-state index in [4.69, 9.17) is 17.3 Å². The lowest BCUT2D eigenvalue weighted by Gasteiger charge is -2.34. The van der Waals surface area contributed by atoms with E-state index in [2.05, 4.69) is 5.32 Å². The Morgan fingerprint density at radius 1 is 1.07 bits per heavy atom. The summed E-state index contributed by atoms with van der Waals surface area (Å²) in [4.78, 5) is 39.8.